The smallest absolute Gasteiger partial charge is 0.00944 e. The van der Waals surface area contributed by atoms with Crippen molar-refractivity contribution in [2.75, 3.05) is 0 Å². The van der Waals surface area contributed by atoms with Crippen molar-refractivity contribution in [2.45, 2.75) is 62.1 Å². The van der Waals surface area contributed by atoms with Crippen molar-refractivity contribution < 1.29 is 0 Å². The molecule has 17 heavy (non-hydrogen) atoms. The van der Waals surface area contributed by atoms with Crippen molar-refractivity contribution in [3.63, 3.8) is 0 Å². The van der Waals surface area contributed by atoms with Crippen molar-refractivity contribution in [3.05, 3.63) is 29.3 Å². The zero-order valence-corrected chi connectivity index (χ0v) is 11.7. The van der Waals surface area contributed by atoms with E-state index in [2.05, 4.69) is 43.8 Å². The Labute approximate surface area is 109 Å². The molecule has 0 saturated heterocycles. The standard InChI is InChI=1S/C15H23NS/c1-11-9-15(17-14-5-3-4-6-14)8-7-13(11)10-12(2)16/h7-9,12,14H,3-6,10,16H2,1-2H3. The summed E-state index contributed by atoms with van der Waals surface area (Å²) in [6, 6.07) is 7.12. The zero-order valence-electron chi connectivity index (χ0n) is 10.9. The number of hydrogen-bond acceptors (Lipinski definition) is 2. The van der Waals surface area contributed by atoms with Gasteiger partial charge in [0.2, 0.25) is 0 Å². The molecule has 1 aromatic carbocycles. The van der Waals surface area contributed by atoms with E-state index in [-0.39, 0.29) is 6.04 Å². The van der Waals surface area contributed by atoms with Crippen molar-refractivity contribution in [3.8, 4) is 0 Å². The summed E-state index contributed by atoms with van der Waals surface area (Å²) in [5.41, 5.74) is 8.65. The first-order chi connectivity index (χ1) is 8.15. The highest BCUT2D eigenvalue weighted by Crippen LogP contribution is 2.35. The van der Waals surface area contributed by atoms with Gasteiger partial charge in [0.1, 0.15) is 0 Å². The second-order valence-electron chi connectivity index (χ2n) is 5.29. The largest absolute Gasteiger partial charge is 0.328 e. The molecule has 0 heterocycles. The van der Waals surface area contributed by atoms with Gasteiger partial charge in [0.05, 0.1) is 0 Å². The van der Waals surface area contributed by atoms with Crippen LogP contribution in [-0.2, 0) is 6.42 Å². The number of hydrogen-bond donors (Lipinski definition) is 1. The lowest BCUT2D eigenvalue weighted by Gasteiger charge is -2.13. The molecule has 1 fully saturated rings. The Balaban J connectivity index is 2.02. The van der Waals surface area contributed by atoms with Gasteiger partial charge in [-0.2, -0.15) is 0 Å². The van der Waals surface area contributed by atoms with E-state index >= 15 is 0 Å². The van der Waals surface area contributed by atoms with Crippen LogP contribution in [0.3, 0.4) is 0 Å². The van der Waals surface area contributed by atoms with E-state index in [1.165, 1.54) is 41.7 Å². The molecule has 94 valence electrons. The molecule has 0 spiro atoms. The molecule has 2 heteroatoms. The van der Waals surface area contributed by atoms with Crippen molar-refractivity contribution >= 4 is 11.8 Å². The van der Waals surface area contributed by atoms with Crippen molar-refractivity contribution in [1.82, 2.24) is 0 Å². The van der Waals surface area contributed by atoms with Gasteiger partial charge in [0, 0.05) is 16.2 Å². The van der Waals surface area contributed by atoms with Crippen LogP contribution in [0.1, 0.15) is 43.7 Å². The Hall–Kier alpha value is -0.470. The number of aryl methyl sites for hydroxylation is 1. The first kappa shape index (κ1) is 13.0. The van der Waals surface area contributed by atoms with E-state index in [9.17, 15) is 0 Å². The molecular formula is C15H23NS. The summed E-state index contributed by atoms with van der Waals surface area (Å²) >= 11 is 2.06. The van der Waals surface area contributed by atoms with Gasteiger partial charge in [-0.05, 0) is 56.4 Å². The van der Waals surface area contributed by atoms with E-state index in [4.69, 9.17) is 5.73 Å². The van der Waals surface area contributed by atoms with Crippen LogP contribution < -0.4 is 5.73 Å². The minimum absolute atomic E-state index is 0.252. The number of benzene rings is 1. The normalized spacial score (nSPS) is 18.5. The third-order valence-electron chi connectivity index (χ3n) is 3.46. The average molecular weight is 249 g/mol. The van der Waals surface area contributed by atoms with Gasteiger partial charge in [0.25, 0.3) is 0 Å². The Kier molecular flexibility index (Phi) is 4.52. The third-order valence-corrected chi connectivity index (χ3v) is 4.79. The van der Waals surface area contributed by atoms with Gasteiger partial charge >= 0.3 is 0 Å². The third kappa shape index (κ3) is 3.75. The number of thioether (sulfide) groups is 1. The molecule has 1 unspecified atom stereocenters. The monoisotopic (exact) mass is 249 g/mol. The maximum Gasteiger partial charge on any atom is 0.00944 e. The number of nitrogens with two attached hydrogens (primary N) is 1. The van der Waals surface area contributed by atoms with Gasteiger partial charge in [-0.1, -0.05) is 18.9 Å². The first-order valence-corrected chi connectivity index (χ1v) is 7.55. The Morgan fingerprint density at radius 2 is 2.06 bits per heavy atom. The van der Waals surface area contributed by atoms with Gasteiger partial charge in [-0.25, -0.2) is 0 Å². The van der Waals surface area contributed by atoms with Crippen molar-refractivity contribution in [1.29, 1.82) is 0 Å². The summed E-state index contributed by atoms with van der Waals surface area (Å²) in [6.07, 6.45) is 6.61. The summed E-state index contributed by atoms with van der Waals surface area (Å²) in [4.78, 5) is 1.43. The average Bonchev–Trinajstić information content (AvgIpc) is 2.74. The molecule has 0 aliphatic heterocycles. The van der Waals surface area contributed by atoms with Crippen LogP contribution in [0.4, 0.5) is 0 Å². The molecule has 1 atom stereocenters. The molecule has 0 aromatic heterocycles. The lowest BCUT2D eigenvalue weighted by molar-refractivity contribution is 0.734. The summed E-state index contributed by atoms with van der Waals surface area (Å²) in [5, 5.41) is 0.855. The van der Waals surface area contributed by atoms with E-state index in [1.807, 2.05) is 0 Å². The van der Waals surface area contributed by atoms with Crippen LogP contribution in [0, 0.1) is 6.92 Å². The molecular weight excluding hydrogens is 226 g/mol. The highest BCUT2D eigenvalue weighted by atomic mass is 32.2. The predicted octanol–water partition coefficient (Wildman–Crippen LogP) is 3.92. The molecule has 0 bridgehead atoms. The molecule has 1 aliphatic carbocycles. The van der Waals surface area contributed by atoms with Crippen LogP contribution in [-0.4, -0.2) is 11.3 Å². The van der Waals surface area contributed by atoms with Gasteiger partial charge < -0.3 is 5.73 Å². The first-order valence-electron chi connectivity index (χ1n) is 6.67. The minimum Gasteiger partial charge on any atom is -0.328 e. The van der Waals surface area contributed by atoms with E-state index in [0.29, 0.717) is 0 Å². The highest BCUT2D eigenvalue weighted by molar-refractivity contribution is 8.00. The van der Waals surface area contributed by atoms with Crippen LogP contribution in [0.5, 0.6) is 0 Å². The summed E-state index contributed by atoms with van der Waals surface area (Å²) in [5.74, 6) is 0. The van der Waals surface area contributed by atoms with Crippen LogP contribution in [0.2, 0.25) is 0 Å². The summed E-state index contributed by atoms with van der Waals surface area (Å²) in [6.45, 7) is 4.27. The molecule has 2 N–H and O–H groups in total. The molecule has 1 nitrogen and oxygen atoms in total. The lowest BCUT2D eigenvalue weighted by Crippen LogP contribution is -2.18. The molecule has 0 radical (unpaired) electrons. The fourth-order valence-electron chi connectivity index (χ4n) is 2.52. The SMILES string of the molecule is Cc1cc(SC2CCCC2)ccc1CC(C)N. The van der Waals surface area contributed by atoms with Crippen molar-refractivity contribution in [2.24, 2.45) is 5.73 Å². The minimum atomic E-state index is 0.252. The second-order valence-corrected chi connectivity index (χ2v) is 6.67. The Morgan fingerprint density at radius 3 is 2.65 bits per heavy atom. The zero-order chi connectivity index (χ0) is 12.3. The van der Waals surface area contributed by atoms with E-state index in [0.717, 1.165) is 11.7 Å². The van der Waals surface area contributed by atoms with E-state index < -0.39 is 0 Å². The molecule has 1 aromatic rings. The van der Waals surface area contributed by atoms with Crippen LogP contribution in [0.15, 0.2) is 23.1 Å². The Bertz CT molecular complexity index is 367. The lowest BCUT2D eigenvalue weighted by atomic mass is 10.0. The van der Waals surface area contributed by atoms with Gasteiger partial charge in [0.15, 0.2) is 0 Å². The summed E-state index contributed by atoms with van der Waals surface area (Å²) < 4.78 is 0. The van der Waals surface area contributed by atoms with Crippen LogP contribution >= 0.6 is 11.8 Å². The Morgan fingerprint density at radius 1 is 1.35 bits per heavy atom. The molecule has 1 saturated carbocycles. The quantitative estimate of drug-likeness (QED) is 0.875. The fourth-order valence-corrected chi connectivity index (χ4v) is 3.86. The second kappa shape index (κ2) is 5.92. The molecule has 2 rings (SSSR count). The maximum atomic E-state index is 5.86. The van der Waals surface area contributed by atoms with Crippen LogP contribution in [0.25, 0.3) is 0 Å². The number of rotatable bonds is 4. The van der Waals surface area contributed by atoms with Gasteiger partial charge in [-0.15, -0.1) is 11.8 Å². The fraction of sp³-hybridized carbons (Fsp3) is 0.600. The predicted molar refractivity (Wildman–Crippen MR) is 76.6 cm³/mol. The highest BCUT2D eigenvalue weighted by Gasteiger charge is 2.16. The topological polar surface area (TPSA) is 26.0 Å². The molecule has 1 aliphatic rings. The molecule has 0 amide bonds. The van der Waals surface area contributed by atoms with E-state index in [1.54, 1.807) is 0 Å². The maximum absolute atomic E-state index is 5.86. The van der Waals surface area contributed by atoms with Gasteiger partial charge in [-0.3, -0.25) is 0 Å². The summed E-state index contributed by atoms with van der Waals surface area (Å²) in [7, 11) is 0.